The second kappa shape index (κ2) is 10.8. The fourth-order valence-electron chi connectivity index (χ4n) is 5.18. The molecule has 0 saturated heterocycles. The van der Waals surface area contributed by atoms with Crippen molar-refractivity contribution in [3.05, 3.63) is 26.7 Å². The van der Waals surface area contributed by atoms with E-state index >= 15 is 0 Å². The third kappa shape index (κ3) is 6.77. The van der Waals surface area contributed by atoms with Crippen molar-refractivity contribution < 1.29 is 18.3 Å². The highest BCUT2D eigenvalue weighted by molar-refractivity contribution is 7.13. The van der Waals surface area contributed by atoms with E-state index in [-0.39, 0.29) is 18.9 Å². The maximum atomic E-state index is 13.1. The molecule has 2 aliphatic carbocycles. The van der Waals surface area contributed by atoms with Crippen molar-refractivity contribution in [1.29, 1.82) is 0 Å². The summed E-state index contributed by atoms with van der Waals surface area (Å²) in [4.78, 5) is 26.0. The number of nitrogens with one attached hydrogen (secondary N) is 1. The SMILES string of the molecule is Cc1ncc(CC(=O)NC2CCC(CCN3CCc4nc(OCC5CC5(F)F)sc4CC3)CC2)s1. The molecule has 3 aliphatic rings. The first kappa shape index (κ1) is 25.0. The van der Waals surface area contributed by atoms with E-state index in [9.17, 15) is 13.6 Å². The number of aryl methyl sites for hydroxylation is 1. The molecule has 2 fully saturated rings. The van der Waals surface area contributed by atoms with Gasteiger partial charge < -0.3 is 15.0 Å². The minimum Gasteiger partial charge on any atom is -0.469 e. The lowest BCUT2D eigenvalue weighted by Crippen LogP contribution is -2.38. The first-order valence-electron chi connectivity index (χ1n) is 12.8. The molecule has 0 spiro atoms. The van der Waals surface area contributed by atoms with Gasteiger partial charge in [0, 0.05) is 47.9 Å². The van der Waals surface area contributed by atoms with Crippen LogP contribution in [0.25, 0.3) is 0 Å². The molecule has 0 aromatic carbocycles. The van der Waals surface area contributed by atoms with E-state index in [4.69, 9.17) is 4.74 Å². The molecule has 35 heavy (non-hydrogen) atoms. The molecule has 2 aromatic heterocycles. The van der Waals surface area contributed by atoms with Gasteiger partial charge in [-0.1, -0.05) is 11.3 Å². The summed E-state index contributed by atoms with van der Waals surface area (Å²) in [5.74, 6) is -2.34. The summed E-state index contributed by atoms with van der Waals surface area (Å²) in [6.07, 6.45) is 9.71. The second-order valence-corrected chi connectivity index (χ2v) is 12.6. The molecule has 0 bridgehead atoms. The number of carbonyl (C=O) groups is 1. The molecule has 1 aliphatic heterocycles. The molecule has 5 rings (SSSR count). The van der Waals surface area contributed by atoms with Crippen LogP contribution in [0, 0.1) is 18.8 Å². The van der Waals surface area contributed by atoms with Gasteiger partial charge in [0.05, 0.1) is 29.6 Å². The van der Waals surface area contributed by atoms with E-state index in [1.165, 1.54) is 35.5 Å². The Morgan fingerprint density at radius 2 is 2.00 bits per heavy atom. The summed E-state index contributed by atoms with van der Waals surface area (Å²) < 4.78 is 31.7. The number of amides is 1. The summed E-state index contributed by atoms with van der Waals surface area (Å²) in [5, 5.41) is 4.78. The van der Waals surface area contributed by atoms with E-state index in [1.54, 1.807) is 17.5 Å². The number of alkyl halides is 2. The van der Waals surface area contributed by atoms with E-state index in [0.29, 0.717) is 17.7 Å². The summed E-state index contributed by atoms with van der Waals surface area (Å²) in [7, 11) is 0. The molecule has 0 radical (unpaired) electrons. The standard InChI is InChI=1S/C25H34F2N4O2S2/c1-16-28-14-20(34-16)12-23(32)29-19-4-2-17(3-5-19)6-9-31-10-7-21-22(8-11-31)35-24(30-21)33-15-18-13-25(18,26)27/h14,17-19H,2-13,15H2,1H3,(H,29,32). The number of nitrogens with zero attached hydrogens (tertiary/aromatic N) is 3. The van der Waals surface area contributed by atoms with Gasteiger partial charge in [-0.3, -0.25) is 4.79 Å². The average molecular weight is 525 g/mol. The van der Waals surface area contributed by atoms with Crippen LogP contribution >= 0.6 is 22.7 Å². The quantitative estimate of drug-likeness (QED) is 0.517. The first-order chi connectivity index (χ1) is 16.8. The van der Waals surface area contributed by atoms with Crippen molar-refractivity contribution in [3.8, 4) is 5.19 Å². The van der Waals surface area contributed by atoms with Crippen LogP contribution in [0.3, 0.4) is 0 Å². The smallest absolute Gasteiger partial charge is 0.273 e. The van der Waals surface area contributed by atoms with E-state index in [0.717, 1.165) is 66.8 Å². The first-order valence-corrected chi connectivity index (χ1v) is 14.4. The predicted octanol–water partition coefficient (Wildman–Crippen LogP) is 4.65. The third-order valence-corrected chi connectivity index (χ3v) is 9.49. The summed E-state index contributed by atoms with van der Waals surface area (Å²) in [6.45, 7) is 5.13. The van der Waals surface area contributed by atoms with E-state index in [1.807, 2.05) is 6.92 Å². The number of rotatable bonds is 9. The van der Waals surface area contributed by atoms with Crippen LogP contribution in [0.1, 0.15) is 59.0 Å². The molecular weight excluding hydrogens is 490 g/mol. The van der Waals surface area contributed by atoms with E-state index in [2.05, 4.69) is 20.2 Å². The van der Waals surface area contributed by atoms with Crippen molar-refractivity contribution >= 4 is 28.6 Å². The molecule has 1 amide bonds. The molecule has 10 heteroatoms. The van der Waals surface area contributed by atoms with Gasteiger partial charge in [-0.15, -0.1) is 11.3 Å². The van der Waals surface area contributed by atoms with Gasteiger partial charge in [-0.2, -0.15) is 0 Å². The largest absolute Gasteiger partial charge is 0.469 e. The third-order valence-electron chi connectivity index (χ3n) is 7.51. The fourth-order valence-corrected chi connectivity index (χ4v) is 6.92. The zero-order valence-electron chi connectivity index (χ0n) is 20.2. The normalized spacial score (nSPS) is 26.1. The van der Waals surface area contributed by atoms with Gasteiger partial charge in [-0.25, -0.2) is 18.7 Å². The van der Waals surface area contributed by atoms with Crippen LogP contribution in [-0.4, -0.2) is 59.0 Å². The molecule has 192 valence electrons. The Hall–Kier alpha value is -1.65. The Labute approximate surface area is 213 Å². The number of thiazole rings is 2. The molecule has 3 heterocycles. The molecular formula is C25H34F2N4O2S2. The highest BCUT2D eigenvalue weighted by atomic mass is 32.1. The minimum atomic E-state index is -2.54. The Kier molecular flexibility index (Phi) is 7.69. The van der Waals surface area contributed by atoms with Crippen molar-refractivity contribution in [2.45, 2.75) is 76.7 Å². The number of hydrogen-bond acceptors (Lipinski definition) is 7. The number of ether oxygens (including phenoxy) is 1. The zero-order valence-corrected chi connectivity index (χ0v) is 21.9. The maximum Gasteiger partial charge on any atom is 0.273 e. The fraction of sp³-hybridized carbons (Fsp3) is 0.720. The Morgan fingerprint density at radius 3 is 2.71 bits per heavy atom. The van der Waals surface area contributed by atoms with Crippen molar-refractivity contribution in [3.63, 3.8) is 0 Å². The molecule has 6 nitrogen and oxygen atoms in total. The number of halogens is 2. The van der Waals surface area contributed by atoms with Crippen LogP contribution < -0.4 is 10.1 Å². The van der Waals surface area contributed by atoms with Gasteiger partial charge in [-0.05, 0) is 57.9 Å². The van der Waals surface area contributed by atoms with Gasteiger partial charge in [0.2, 0.25) is 5.91 Å². The van der Waals surface area contributed by atoms with Gasteiger partial charge in [0.1, 0.15) is 0 Å². The second-order valence-electron chi connectivity index (χ2n) is 10.3. The summed E-state index contributed by atoms with van der Waals surface area (Å²) >= 11 is 3.12. The lowest BCUT2D eigenvalue weighted by atomic mass is 9.84. The maximum absolute atomic E-state index is 13.1. The van der Waals surface area contributed by atoms with Gasteiger partial charge in [0.15, 0.2) is 0 Å². The number of carbonyl (C=O) groups excluding carboxylic acids is 1. The van der Waals surface area contributed by atoms with Crippen molar-refractivity contribution in [2.24, 2.45) is 11.8 Å². The molecule has 1 unspecified atom stereocenters. The predicted molar refractivity (Wildman–Crippen MR) is 134 cm³/mol. The lowest BCUT2D eigenvalue weighted by molar-refractivity contribution is -0.121. The Balaban J connectivity index is 0.981. The van der Waals surface area contributed by atoms with Crippen LogP contribution in [0.2, 0.25) is 0 Å². The highest BCUT2D eigenvalue weighted by Gasteiger charge is 2.57. The number of fused-ring (bicyclic) bond motifs is 1. The monoisotopic (exact) mass is 524 g/mol. The van der Waals surface area contributed by atoms with Crippen LogP contribution in [0.4, 0.5) is 8.78 Å². The van der Waals surface area contributed by atoms with Gasteiger partial charge >= 0.3 is 0 Å². The Morgan fingerprint density at radius 1 is 1.23 bits per heavy atom. The molecule has 2 saturated carbocycles. The minimum absolute atomic E-state index is 0.0589. The van der Waals surface area contributed by atoms with Crippen LogP contribution in [0.5, 0.6) is 5.19 Å². The van der Waals surface area contributed by atoms with Crippen molar-refractivity contribution in [2.75, 3.05) is 26.2 Å². The van der Waals surface area contributed by atoms with Gasteiger partial charge in [0.25, 0.3) is 11.1 Å². The molecule has 2 aromatic rings. The number of hydrogen-bond donors (Lipinski definition) is 1. The number of aromatic nitrogens is 2. The molecule has 1 atom stereocenters. The molecule has 1 N–H and O–H groups in total. The Bertz CT molecular complexity index is 994. The average Bonchev–Trinajstić information content (AvgIpc) is 3.10. The lowest BCUT2D eigenvalue weighted by Gasteiger charge is -2.30. The van der Waals surface area contributed by atoms with Crippen molar-refractivity contribution in [1.82, 2.24) is 20.2 Å². The topological polar surface area (TPSA) is 67.4 Å². The van der Waals surface area contributed by atoms with Crippen LogP contribution in [0.15, 0.2) is 6.20 Å². The zero-order chi connectivity index (χ0) is 24.4. The highest BCUT2D eigenvalue weighted by Crippen LogP contribution is 2.48. The summed E-state index contributed by atoms with van der Waals surface area (Å²) in [6, 6.07) is 0.301. The van der Waals surface area contributed by atoms with E-state index < -0.39 is 11.8 Å². The summed E-state index contributed by atoms with van der Waals surface area (Å²) in [5.41, 5.74) is 1.08. The van der Waals surface area contributed by atoms with Crippen LogP contribution in [-0.2, 0) is 24.1 Å².